The van der Waals surface area contributed by atoms with Crippen molar-refractivity contribution in [2.75, 3.05) is 20.6 Å². The molecule has 0 bridgehead atoms. The normalized spacial score (nSPS) is 20.3. The molecule has 4 nitrogen and oxygen atoms in total. The van der Waals surface area contributed by atoms with Gasteiger partial charge < -0.3 is 15.5 Å². The maximum Gasteiger partial charge on any atom is 0.240 e. The summed E-state index contributed by atoms with van der Waals surface area (Å²) in [6, 6.07) is 8.30. The van der Waals surface area contributed by atoms with Crippen LogP contribution in [0.4, 0.5) is 0 Å². The van der Waals surface area contributed by atoms with Crippen molar-refractivity contribution in [2.45, 2.75) is 44.8 Å². The fourth-order valence-electron chi connectivity index (χ4n) is 2.85. The zero-order valence-electron chi connectivity index (χ0n) is 14.2. The molecule has 6 heteroatoms. The van der Waals surface area contributed by atoms with Gasteiger partial charge >= 0.3 is 0 Å². The minimum Gasteiger partial charge on any atom is -0.350 e. The lowest BCUT2D eigenvalue weighted by Crippen LogP contribution is -2.56. The molecule has 0 aliphatic carbocycles. The molecule has 0 saturated carbocycles. The molecule has 1 aromatic carbocycles. The van der Waals surface area contributed by atoms with Gasteiger partial charge in [0, 0.05) is 13.1 Å². The SMILES string of the molecule is CN(C)Cc1ccccc1CNC(=O)C1(C)CCCCN1.Cl.Cl. The summed E-state index contributed by atoms with van der Waals surface area (Å²) < 4.78 is 0. The molecule has 2 rings (SSSR count). The Bertz CT molecular complexity index is 488. The van der Waals surface area contributed by atoms with Crippen LogP contribution < -0.4 is 10.6 Å². The number of rotatable bonds is 5. The van der Waals surface area contributed by atoms with Crippen LogP contribution in [0.5, 0.6) is 0 Å². The molecule has 2 N–H and O–H groups in total. The molecule has 1 aliphatic rings. The first-order valence-corrected chi connectivity index (χ1v) is 7.76. The average Bonchev–Trinajstić information content (AvgIpc) is 2.46. The van der Waals surface area contributed by atoms with E-state index < -0.39 is 5.54 Å². The quantitative estimate of drug-likeness (QED) is 0.847. The molecule has 132 valence electrons. The van der Waals surface area contributed by atoms with Crippen molar-refractivity contribution in [3.05, 3.63) is 35.4 Å². The summed E-state index contributed by atoms with van der Waals surface area (Å²) in [5.41, 5.74) is 2.05. The Hall–Kier alpha value is -0.810. The first kappa shape index (κ1) is 22.2. The second-order valence-electron chi connectivity index (χ2n) is 6.41. The van der Waals surface area contributed by atoms with Gasteiger partial charge in [0.25, 0.3) is 0 Å². The van der Waals surface area contributed by atoms with E-state index in [4.69, 9.17) is 0 Å². The van der Waals surface area contributed by atoms with Gasteiger partial charge in [-0.15, -0.1) is 24.8 Å². The standard InChI is InChI=1S/C17H27N3O.2ClH/c1-17(10-6-7-11-19-17)16(21)18-12-14-8-4-5-9-15(14)13-20(2)3;;/h4-5,8-9,19H,6-7,10-13H2,1-3H3,(H,18,21);2*1H. The van der Waals surface area contributed by atoms with Gasteiger partial charge in [-0.2, -0.15) is 0 Å². The van der Waals surface area contributed by atoms with Gasteiger partial charge in [0.1, 0.15) is 0 Å². The highest BCUT2D eigenvalue weighted by molar-refractivity contribution is 5.86. The number of halogens is 2. The van der Waals surface area contributed by atoms with Gasteiger partial charge in [0.2, 0.25) is 5.91 Å². The largest absolute Gasteiger partial charge is 0.350 e. The molecule has 0 aromatic heterocycles. The van der Waals surface area contributed by atoms with Crippen LogP contribution in [0.15, 0.2) is 24.3 Å². The Kier molecular flexibility index (Phi) is 9.78. The van der Waals surface area contributed by atoms with Gasteiger partial charge in [-0.3, -0.25) is 4.79 Å². The topological polar surface area (TPSA) is 44.4 Å². The van der Waals surface area contributed by atoms with E-state index in [0.717, 1.165) is 32.4 Å². The van der Waals surface area contributed by atoms with Gasteiger partial charge in [0.15, 0.2) is 0 Å². The molecule has 1 aromatic rings. The van der Waals surface area contributed by atoms with Crippen LogP contribution >= 0.6 is 24.8 Å². The van der Waals surface area contributed by atoms with Crippen molar-refractivity contribution >= 4 is 30.7 Å². The highest BCUT2D eigenvalue weighted by Crippen LogP contribution is 2.19. The van der Waals surface area contributed by atoms with Crippen LogP contribution in [0.3, 0.4) is 0 Å². The summed E-state index contributed by atoms with van der Waals surface area (Å²) in [5, 5.41) is 6.46. The molecular formula is C17H29Cl2N3O. The number of piperidine rings is 1. The predicted octanol–water partition coefficient (Wildman–Crippen LogP) is 2.74. The molecule has 1 atom stereocenters. The van der Waals surface area contributed by atoms with E-state index in [9.17, 15) is 4.79 Å². The monoisotopic (exact) mass is 361 g/mol. The molecule has 1 fully saturated rings. The number of carbonyl (C=O) groups excluding carboxylic acids is 1. The zero-order valence-corrected chi connectivity index (χ0v) is 15.9. The molecule has 0 radical (unpaired) electrons. The third kappa shape index (κ3) is 6.30. The van der Waals surface area contributed by atoms with Gasteiger partial charge in [-0.25, -0.2) is 0 Å². The van der Waals surface area contributed by atoms with Crippen molar-refractivity contribution in [3.63, 3.8) is 0 Å². The zero-order chi connectivity index (χ0) is 15.3. The van der Waals surface area contributed by atoms with E-state index in [1.54, 1.807) is 0 Å². The molecule has 1 heterocycles. The Balaban J connectivity index is 0.00000242. The van der Waals surface area contributed by atoms with E-state index in [1.165, 1.54) is 11.1 Å². The fraction of sp³-hybridized carbons (Fsp3) is 0.588. The smallest absolute Gasteiger partial charge is 0.240 e. The van der Waals surface area contributed by atoms with Crippen LogP contribution in [0.1, 0.15) is 37.3 Å². The van der Waals surface area contributed by atoms with Crippen molar-refractivity contribution in [1.29, 1.82) is 0 Å². The van der Waals surface area contributed by atoms with Crippen LogP contribution in [0.25, 0.3) is 0 Å². The average molecular weight is 362 g/mol. The number of benzene rings is 1. The number of carbonyl (C=O) groups is 1. The maximum absolute atomic E-state index is 12.4. The second-order valence-corrected chi connectivity index (χ2v) is 6.41. The number of nitrogens with one attached hydrogen (secondary N) is 2. The second kappa shape index (κ2) is 10.1. The maximum atomic E-state index is 12.4. The van der Waals surface area contributed by atoms with Crippen molar-refractivity contribution < 1.29 is 4.79 Å². The van der Waals surface area contributed by atoms with Gasteiger partial charge in [-0.1, -0.05) is 24.3 Å². The summed E-state index contributed by atoms with van der Waals surface area (Å²) in [5.74, 6) is 0.113. The molecular weight excluding hydrogens is 333 g/mol. The third-order valence-corrected chi connectivity index (χ3v) is 4.16. The van der Waals surface area contributed by atoms with E-state index in [1.807, 2.05) is 19.1 Å². The van der Waals surface area contributed by atoms with Crippen molar-refractivity contribution in [2.24, 2.45) is 0 Å². The van der Waals surface area contributed by atoms with E-state index in [-0.39, 0.29) is 30.7 Å². The van der Waals surface area contributed by atoms with Crippen LogP contribution in [-0.4, -0.2) is 37.0 Å². The number of hydrogen-bond donors (Lipinski definition) is 2. The van der Waals surface area contributed by atoms with E-state index in [2.05, 4.69) is 41.8 Å². The molecule has 23 heavy (non-hydrogen) atoms. The Morgan fingerprint density at radius 2 is 1.87 bits per heavy atom. The fourth-order valence-corrected chi connectivity index (χ4v) is 2.85. The highest BCUT2D eigenvalue weighted by atomic mass is 35.5. The summed E-state index contributed by atoms with van der Waals surface area (Å²) in [7, 11) is 4.12. The Morgan fingerprint density at radius 3 is 2.43 bits per heavy atom. The lowest BCUT2D eigenvalue weighted by Gasteiger charge is -2.33. The number of hydrogen-bond acceptors (Lipinski definition) is 3. The molecule has 1 aliphatic heterocycles. The summed E-state index contributed by atoms with van der Waals surface area (Å²) in [6.07, 6.45) is 3.20. The van der Waals surface area contributed by atoms with Crippen LogP contribution in [-0.2, 0) is 17.9 Å². The minimum atomic E-state index is -0.408. The van der Waals surface area contributed by atoms with Crippen molar-refractivity contribution in [1.82, 2.24) is 15.5 Å². The lowest BCUT2D eigenvalue weighted by atomic mass is 9.90. The van der Waals surface area contributed by atoms with Gasteiger partial charge in [0.05, 0.1) is 5.54 Å². The highest BCUT2D eigenvalue weighted by Gasteiger charge is 2.33. The summed E-state index contributed by atoms with van der Waals surface area (Å²) in [6.45, 7) is 4.43. The van der Waals surface area contributed by atoms with Gasteiger partial charge in [-0.05, 0) is 58.0 Å². The van der Waals surface area contributed by atoms with Crippen LogP contribution in [0.2, 0.25) is 0 Å². The molecule has 1 amide bonds. The summed E-state index contributed by atoms with van der Waals surface area (Å²) in [4.78, 5) is 14.6. The van der Waals surface area contributed by atoms with Crippen LogP contribution in [0, 0.1) is 0 Å². The Morgan fingerprint density at radius 1 is 1.22 bits per heavy atom. The predicted molar refractivity (Wildman–Crippen MR) is 100 cm³/mol. The minimum absolute atomic E-state index is 0. The molecule has 1 unspecified atom stereocenters. The van der Waals surface area contributed by atoms with E-state index in [0.29, 0.717) is 6.54 Å². The molecule has 0 spiro atoms. The number of amides is 1. The first-order valence-electron chi connectivity index (χ1n) is 7.76. The van der Waals surface area contributed by atoms with Crippen molar-refractivity contribution in [3.8, 4) is 0 Å². The van der Waals surface area contributed by atoms with E-state index >= 15 is 0 Å². The lowest BCUT2D eigenvalue weighted by molar-refractivity contribution is -0.128. The third-order valence-electron chi connectivity index (χ3n) is 4.16. The molecule has 1 saturated heterocycles. The summed E-state index contributed by atoms with van der Waals surface area (Å²) >= 11 is 0. The number of nitrogens with zero attached hydrogens (tertiary/aromatic N) is 1. The Labute approximate surface area is 152 Å². The first-order chi connectivity index (χ1) is 10.0.